The predicted octanol–water partition coefficient (Wildman–Crippen LogP) is 5.37. The third-order valence-corrected chi connectivity index (χ3v) is 5.10. The summed E-state index contributed by atoms with van der Waals surface area (Å²) in [4.78, 5) is 12.7. The number of furan rings is 1. The molecule has 0 saturated carbocycles. The Bertz CT molecular complexity index is 1250. The molecule has 5 nitrogen and oxygen atoms in total. The first-order valence-electron chi connectivity index (χ1n) is 9.15. The summed E-state index contributed by atoms with van der Waals surface area (Å²) >= 11 is 11.6. The van der Waals surface area contributed by atoms with Gasteiger partial charge in [0.2, 0.25) is 0 Å². The summed E-state index contributed by atoms with van der Waals surface area (Å²) in [6.07, 6.45) is 0. The monoisotopic (exact) mass is 436 g/mol. The lowest BCUT2D eigenvalue weighted by Crippen LogP contribution is -2.34. The largest absolute Gasteiger partial charge is 0.459 e. The molecule has 4 aromatic rings. The van der Waals surface area contributed by atoms with E-state index >= 15 is 0 Å². The van der Waals surface area contributed by atoms with Crippen LogP contribution in [0.25, 0.3) is 22.1 Å². The molecule has 0 bridgehead atoms. The topological polar surface area (TPSA) is 74.5 Å². The van der Waals surface area contributed by atoms with Gasteiger partial charge in [0.25, 0.3) is 5.91 Å². The second-order valence-corrected chi connectivity index (χ2v) is 7.37. The van der Waals surface area contributed by atoms with E-state index in [0.29, 0.717) is 33.4 Å². The molecule has 0 atom stereocenters. The lowest BCUT2D eigenvalue weighted by molar-refractivity contribution is 0.0979. The van der Waals surface area contributed by atoms with Gasteiger partial charge in [0.05, 0.1) is 5.02 Å². The summed E-state index contributed by atoms with van der Waals surface area (Å²) in [5.41, 5.74) is 1.82. The molecule has 1 heterocycles. The van der Waals surface area contributed by atoms with Crippen molar-refractivity contribution in [2.45, 2.75) is 6.61 Å². The van der Waals surface area contributed by atoms with Crippen molar-refractivity contribution in [3.05, 3.63) is 89.1 Å². The smallest absolute Gasteiger partial charge is 0.258 e. The molecular weight excluding hydrogens is 420 g/mol. The number of hydrogen-bond donors (Lipinski definition) is 3. The van der Waals surface area contributed by atoms with Gasteiger partial charge >= 0.3 is 0 Å². The molecule has 0 aliphatic heterocycles. The molecule has 4 rings (SSSR count). The van der Waals surface area contributed by atoms with Crippen molar-refractivity contribution >= 4 is 51.3 Å². The number of carbonyl (C=O) groups is 1. The SMILES string of the molecule is O=C(NC(=S)Nc1ccc(Cl)c(-c2ccc(CO)o2)c1)c1cccc2ccccc12. The Kier molecular flexibility index (Phi) is 5.81. The summed E-state index contributed by atoms with van der Waals surface area (Å²) in [6, 6.07) is 21.8. The zero-order chi connectivity index (χ0) is 21.1. The van der Waals surface area contributed by atoms with Gasteiger partial charge in [-0.05, 0) is 59.4 Å². The van der Waals surface area contributed by atoms with Gasteiger partial charge in [-0.3, -0.25) is 10.1 Å². The molecule has 0 saturated heterocycles. The Morgan fingerprint density at radius 2 is 1.83 bits per heavy atom. The molecular formula is C23H17ClN2O3S. The quantitative estimate of drug-likeness (QED) is 0.375. The lowest BCUT2D eigenvalue weighted by atomic mass is 10.0. The second-order valence-electron chi connectivity index (χ2n) is 6.55. The highest BCUT2D eigenvalue weighted by Gasteiger charge is 2.13. The normalized spacial score (nSPS) is 10.7. The van der Waals surface area contributed by atoms with E-state index in [4.69, 9.17) is 28.2 Å². The highest BCUT2D eigenvalue weighted by atomic mass is 35.5. The number of carbonyl (C=O) groups excluding carboxylic acids is 1. The number of fused-ring (bicyclic) bond motifs is 1. The third-order valence-electron chi connectivity index (χ3n) is 4.57. The summed E-state index contributed by atoms with van der Waals surface area (Å²) in [5.74, 6) is 0.674. The number of nitrogens with one attached hydrogen (secondary N) is 2. The highest BCUT2D eigenvalue weighted by molar-refractivity contribution is 7.80. The van der Waals surface area contributed by atoms with Gasteiger partial charge in [0.1, 0.15) is 18.1 Å². The standard InChI is InChI=1S/C23H17ClN2O3S/c24-20-10-8-15(12-19(20)21-11-9-16(13-27)29-21)25-23(30)26-22(28)18-7-3-5-14-4-1-2-6-17(14)18/h1-12,27H,13H2,(H2,25,26,28,30). The number of benzene rings is 3. The molecule has 1 amide bonds. The maximum Gasteiger partial charge on any atom is 0.258 e. The fourth-order valence-electron chi connectivity index (χ4n) is 3.16. The molecule has 0 spiro atoms. The van der Waals surface area contributed by atoms with Crippen LogP contribution in [0, 0.1) is 0 Å². The van der Waals surface area contributed by atoms with Crippen molar-refractivity contribution in [1.29, 1.82) is 0 Å². The zero-order valence-electron chi connectivity index (χ0n) is 15.7. The van der Waals surface area contributed by atoms with Crippen LogP contribution in [0.5, 0.6) is 0 Å². The number of anilines is 1. The van der Waals surface area contributed by atoms with Gasteiger partial charge in [-0.25, -0.2) is 0 Å². The molecule has 0 aliphatic carbocycles. The summed E-state index contributed by atoms with van der Waals surface area (Å²) < 4.78 is 5.56. The molecule has 0 unspecified atom stereocenters. The third kappa shape index (κ3) is 4.21. The van der Waals surface area contributed by atoms with Crippen molar-refractivity contribution in [3.63, 3.8) is 0 Å². The van der Waals surface area contributed by atoms with E-state index < -0.39 is 0 Å². The Hall–Kier alpha value is -3.19. The molecule has 3 aromatic carbocycles. The number of aliphatic hydroxyl groups excluding tert-OH is 1. The summed E-state index contributed by atoms with van der Waals surface area (Å²) in [5, 5.41) is 17.4. The molecule has 3 N–H and O–H groups in total. The Morgan fingerprint density at radius 1 is 1.03 bits per heavy atom. The van der Waals surface area contributed by atoms with E-state index in [0.717, 1.165) is 10.8 Å². The number of halogens is 1. The van der Waals surface area contributed by atoms with E-state index in [-0.39, 0.29) is 17.6 Å². The number of aliphatic hydroxyl groups is 1. The first kappa shape index (κ1) is 20.1. The average Bonchev–Trinajstić information content (AvgIpc) is 3.23. The first-order valence-corrected chi connectivity index (χ1v) is 9.93. The van der Waals surface area contributed by atoms with Crippen molar-refractivity contribution in [1.82, 2.24) is 5.32 Å². The van der Waals surface area contributed by atoms with E-state index in [1.165, 1.54) is 0 Å². The van der Waals surface area contributed by atoms with E-state index in [2.05, 4.69) is 10.6 Å². The van der Waals surface area contributed by atoms with Crippen molar-refractivity contribution in [2.24, 2.45) is 0 Å². The van der Waals surface area contributed by atoms with Gasteiger partial charge in [0.15, 0.2) is 5.11 Å². The van der Waals surface area contributed by atoms with Crippen LogP contribution in [0.4, 0.5) is 5.69 Å². The van der Waals surface area contributed by atoms with Crippen molar-refractivity contribution in [3.8, 4) is 11.3 Å². The fraction of sp³-hybridized carbons (Fsp3) is 0.0435. The zero-order valence-corrected chi connectivity index (χ0v) is 17.3. The molecule has 7 heteroatoms. The van der Waals surface area contributed by atoms with E-state index in [1.807, 2.05) is 36.4 Å². The number of amides is 1. The fourth-order valence-corrected chi connectivity index (χ4v) is 3.58. The Morgan fingerprint density at radius 3 is 2.63 bits per heavy atom. The maximum atomic E-state index is 12.7. The van der Waals surface area contributed by atoms with Crippen molar-refractivity contribution in [2.75, 3.05) is 5.32 Å². The highest BCUT2D eigenvalue weighted by Crippen LogP contribution is 2.32. The van der Waals surface area contributed by atoms with Gasteiger partial charge in [-0.1, -0.05) is 48.0 Å². The summed E-state index contributed by atoms with van der Waals surface area (Å²) in [7, 11) is 0. The van der Waals surface area contributed by atoms with E-state index in [1.54, 1.807) is 36.4 Å². The van der Waals surface area contributed by atoms with Gasteiger partial charge in [0, 0.05) is 16.8 Å². The minimum atomic E-state index is -0.294. The second kappa shape index (κ2) is 8.67. The molecule has 0 aliphatic rings. The van der Waals surface area contributed by atoms with Crippen LogP contribution >= 0.6 is 23.8 Å². The van der Waals surface area contributed by atoms with Crippen LogP contribution in [-0.2, 0) is 6.61 Å². The van der Waals surface area contributed by atoms with Crippen LogP contribution in [0.3, 0.4) is 0 Å². The van der Waals surface area contributed by atoms with Crippen LogP contribution in [0.2, 0.25) is 5.02 Å². The van der Waals surface area contributed by atoms with E-state index in [9.17, 15) is 9.90 Å². The minimum absolute atomic E-state index is 0.164. The number of rotatable bonds is 4. The average molecular weight is 437 g/mol. The summed E-state index contributed by atoms with van der Waals surface area (Å²) in [6.45, 7) is -0.195. The van der Waals surface area contributed by atoms with Crippen molar-refractivity contribution < 1.29 is 14.3 Å². The molecule has 0 fully saturated rings. The molecule has 150 valence electrons. The minimum Gasteiger partial charge on any atom is -0.459 e. The lowest BCUT2D eigenvalue weighted by Gasteiger charge is -2.12. The molecule has 1 aromatic heterocycles. The van der Waals surface area contributed by atoms with Crippen LogP contribution in [-0.4, -0.2) is 16.1 Å². The Balaban J connectivity index is 1.51. The van der Waals surface area contributed by atoms with Gasteiger partial charge < -0.3 is 14.8 Å². The van der Waals surface area contributed by atoms with Crippen LogP contribution < -0.4 is 10.6 Å². The van der Waals surface area contributed by atoms with Crippen LogP contribution in [0.15, 0.2) is 77.2 Å². The molecule has 30 heavy (non-hydrogen) atoms. The van der Waals surface area contributed by atoms with Gasteiger partial charge in [-0.15, -0.1) is 0 Å². The Labute approximate surface area is 183 Å². The van der Waals surface area contributed by atoms with Crippen LogP contribution in [0.1, 0.15) is 16.1 Å². The van der Waals surface area contributed by atoms with Gasteiger partial charge in [-0.2, -0.15) is 0 Å². The number of thiocarbonyl (C=S) groups is 1. The maximum absolute atomic E-state index is 12.7. The predicted molar refractivity (Wildman–Crippen MR) is 123 cm³/mol. The number of hydrogen-bond acceptors (Lipinski definition) is 4. The molecule has 0 radical (unpaired) electrons. The first-order chi connectivity index (χ1) is 14.5.